The van der Waals surface area contributed by atoms with Crippen LogP contribution in [0.1, 0.15) is 31.1 Å². The monoisotopic (exact) mass is 397 g/mol. The number of aliphatic hydroxyl groups is 1. The Hall–Kier alpha value is -3.48. The number of nitrogens with zero attached hydrogens (tertiary/aromatic N) is 4. The number of urea groups is 1. The number of carboxylic acid groups (broad SMARTS) is 1. The van der Waals surface area contributed by atoms with E-state index in [2.05, 4.69) is 31.6 Å². The SMILES string of the molecule is CC(N)=O.Cc1cc(C)n(-c2noc(CNC(=O)NC(C(=O)O)C(C)O)n2)n1. The summed E-state index contributed by atoms with van der Waals surface area (Å²) in [5, 5.41) is 30.7. The van der Waals surface area contributed by atoms with Gasteiger partial charge < -0.3 is 31.1 Å². The number of aromatic nitrogens is 4. The molecule has 0 bridgehead atoms. The molecule has 0 aliphatic carbocycles. The lowest BCUT2D eigenvalue weighted by molar-refractivity contribution is -0.141. The van der Waals surface area contributed by atoms with Crippen molar-refractivity contribution in [3.05, 3.63) is 23.3 Å². The fraction of sp³-hybridized carbons (Fsp3) is 0.467. The number of carboxylic acids is 1. The molecule has 2 aromatic heterocycles. The van der Waals surface area contributed by atoms with Gasteiger partial charge in [0.1, 0.15) is 0 Å². The maximum atomic E-state index is 11.7. The normalized spacial score (nSPS) is 12.3. The Balaban J connectivity index is 0.000000892. The van der Waals surface area contributed by atoms with E-state index in [0.29, 0.717) is 0 Å². The number of hydrogen-bond donors (Lipinski definition) is 5. The number of carbonyl (C=O) groups excluding carboxylic acids is 2. The van der Waals surface area contributed by atoms with E-state index in [1.165, 1.54) is 18.5 Å². The van der Waals surface area contributed by atoms with Gasteiger partial charge in [-0.25, -0.2) is 14.3 Å². The fourth-order valence-corrected chi connectivity index (χ4v) is 1.97. The third-order valence-corrected chi connectivity index (χ3v) is 3.09. The summed E-state index contributed by atoms with van der Waals surface area (Å²) < 4.78 is 6.50. The minimum atomic E-state index is -1.42. The van der Waals surface area contributed by atoms with Crippen molar-refractivity contribution in [2.75, 3.05) is 0 Å². The number of aliphatic carboxylic acids is 1. The van der Waals surface area contributed by atoms with Crippen molar-refractivity contribution in [2.45, 2.75) is 46.4 Å². The first kappa shape index (κ1) is 22.6. The third kappa shape index (κ3) is 7.03. The molecule has 28 heavy (non-hydrogen) atoms. The van der Waals surface area contributed by atoms with Crippen LogP contribution in [0.2, 0.25) is 0 Å². The lowest BCUT2D eigenvalue weighted by atomic mass is 10.2. The van der Waals surface area contributed by atoms with Gasteiger partial charge in [0.15, 0.2) is 6.04 Å². The zero-order valence-electron chi connectivity index (χ0n) is 15.8. The van der Waals surface area contributed by atoms with Gasteiger partial charge in [0.05, 0.1) is 18.3 Å². The zero-order chi connectivity index (χ0) is 21.4. The van der Waals surface area contributed by atoms with Gasteiger partial charge in [-0.15, -0.1) is 0 Å². The number of aliphatic hydroxyl groups excluding tert-OH is 1. The van der Waals surface area contributed by atoms with Gasteiger partial charge in [-0.3, -0.25) is 4.79 Å². The Kier molecular flexibility index (Phi) is 8.07. The second-order valence-corrected chi connectivity index (χ2v) is 5.82. The summed E-state index contributed by atoms with van der Waals surface area (Å²) in [6.07, 6.45) is -1.24. The first-order valence-corrected chi connectivity index (χ1v) is 8.08. The number of carbonyl (C=O) groups is 3. The topological polar surface area (TPSA) is 198 Å². The second kappa shape index (κ2) is 10.0. The summed E-state index contributed by atoms with van der Waals surface area (Å²) in [6, 6.07) is -0.351. The highest BCUT2D eigenvalue weighted by atomic mass is 16.5. The molecule has 13 nitrogen and oxygen atoms in total. The molecule has 0 saturated heterocycles. The quantitative estimate of drug-likeness (QED) is 0.405. The van der Waals surface area contributed by atoms with Crippen LogP contribution in [0.4, 0.5) is 4.79 Å². The van der Waals surface area contributed by atoms with E-state index in [9.17, 15) is 19.5 Å². The Morgan fingerprint density at radius 1 is 1.36 bits per heavy atom. The molecule has 0 aromatic carbocycles. The van der Waals surface area contributed by atoms with E-state index in [-0.39, 0.29) is 24.3 Å². The number of rotatable bonds is 6. The van der Waals surface area contributed by atoms with Crippen LogP contribution in [0.15, 0.2) is 10.6 Å². The number of amides is 3. The maximum Gasteiger partial charge on any atom is 0.328 e. The Morgan fingerprint density at radius 2 is 1.96 bits per heavy atom. The summed E-state index contributed by atoms with van der Waals surface area (Å²) in [6.45, 7) is 6.13. The summed E-state index contributed by atoms with van der Waals surface area (Å²) >= 11 is 0. The first-order valence-electron chi connectivity index (χ1n) is 8.08. The Morgan fingerprint density at radius 3 is 2.43 bits per heavy atom. The molecule has 2 unspecified atom stereocenters. The number of aryl methyl sites for hydroxylation is 2. The van der Waals surface area contributed by atoms with Gasteiger partial charge >= 0.3 is 12.0 Å². The Bertz CT molecular complexity index is 825. The minimum absolute atomic E-state index is 0.107. The van der Waals surface area contributed by atoms with Crippen LogP contribution in [-0.2, 0) is 16.1 Å². The van der Waals surface area contributed by atoms with E-state index >= 15 is 0 Å². The largest absolute Gasteiger partial charge is 0.480 e. The van der Waals surface area contributed by atoms with Crippen molar-refractivity contribution in [1.29, 1.82) is 0 Å². The van der Waals surface area contributed by atoms with Gasteiger partial charge in [-0.1, -0.05) is 0 Å². The molecule has 0 spiro atoms. The van der Waals surface area contributed by atoms with E-state index in [1.54, 1.807) is 0 Å². The van der Waals surface area contributed by atoms with Crippen molar-refractivity contribution in [2.24, 2.45) is 5.73 Å². The molecule has 3 amide bonds. The van der Waals surface area contributed by atoms with Crippen molar-refractivity contribution in [1.82, 2.24) is 30.6 Å². The lowest BCUT2D eigenvalue weighted by Gasteiger charge is -2.16. The number of primary amides is 1. The van der Waals surface area contributed by atoms with Crippen molar-refractivity contribution in [3.63, 3.8) is 0 Å². The van der Waals surface area contributed by atoms with Crippen LogP contribution in [0.5, 0.6) is 0 Å². The molecule has 2 atom stereocenters. The second-order valence-electron chi connectivity index (χ2n) is 5.82. The maximum absolute atomic E-state index is 11.7. The molecule has 2 rings (SSSR count). The third-order valence-electron chi connectivity index (χ3n) is 3.09. The highest BCUT2D eigenvalue weighted by molar-refractivity contribution is 5.82. The highest BCUT2D eigenvalue weighted by Gasteiger charge is 2.25. The van der Waals surface area contributed by atoms with Crippen molar-refractivity contribution >= 4 is 17.9 Å². The summed E-state index contributed by atoms with van der Waals surface area (Å²) in [7, 11) is 0. The molecule has 6 N–H and O–H groups in total. The molecule has 0 aliphatic heterocycles. The van der Waals surface area contributed by atoms with Gasteiger partial charge in [0.2, 0.25) is 11.8 Å². The minimum Gasteiger partial charge on any atom is -0.480 e. The molecule has 13 heteroatoms. The van der Waals surface area contributed by atoms with E-state index in [1.807, 2.05) is 19.9 Å². The van der Waals surface area contributed by atoms with Gasteiger partial charge in [0, 0.05) is 12.6 Å². The first-order chi connectivity index (χ1) is 13.0. The number of hydrogen-bond acceptors (Lipinski definition) is 8. The van der Waals surface area contributed by atoms with Crippen LogP contribution < -0.4 is 16.4 Å². The van der Waals surface area contributed by atoms with Gasteiger partial charge in [-0.05, 0) is 32.0 Å². The van der Waals surface area contributed by atoms with Crippen LogP contribution >= 0.6 is 0 Å². The van der Waals surface area contributed by atoms with E-state index in [0.717, 1.165) is 11.4 Å². The van der Waals surface area contributed by atoms with Crippen LogP contribution in [0, 0.1) is 13.8 Å². The molecule has 2 aromatic rings. The summed E-state index contributed by atoms with van der Waals surface area (Å²) in [5.74, 6) is -1.33. The molecular formula is C15H23N7O6. The smallest absolute Gasteiger partial charge is 0.328 e. The van der Waals surface area contributed by atoms with Crippen molar-refractivity contribution in [3.8, 4) is 5.95 Å². The lowest BCUT2D eigenvalue weighted by Crippen LogP contribution is -2.51. The molecule has 0 aliphatic rings. The van der Waals surface area contributed by atoms with Crippen LogP contribution in [0.25, 0.3) is 5.95 Å². The van der Waals surface area contributed by atoms with E-state index < -0.39 is 24.1 Å². The Labute approximate surface area is 159 Å². The summed E-state index contributed by atoms with van der Waals surface area (Å²) in [4.78, 5) is 35.9. The van der Waals surface area contributed by atoms with Crippen LogP contribution in [0.3, 0.4) is 0 Å². The number of nitrogens with one attached hydrogen (secondary N) is 2. The standard InChI is InChI=1S/C13H18N6O5.C2H5NO/c1-6-4-7(2)19(17-6)12-15-9(24-18-12)5-14-13(23)16-10(8(3)20)11(21)22;1-2(3)4/h4,8,10,20H,5H2,1-3H3,(H,21,22)(H2,14,16,23);1H3,(H2,3,4). The average Bonchev–Trinajstić information content (AvgIpc) is 3.15. The molecule has 0 fully saturated rings. The predicted molar refractivity (Wildman–Crippen MR) is 94.2 cm³/mol. The average molecular weight is 397 g/mol. The van der Waals surface area contributed by atoms with Crippen LogP contribution in [-0.4, -0.2) is 60.2 Å². The molecular weight excluding hydrogens is 374 g/mol. The summed E-state index contributed by atoms with van der Waals surface area (Å²) in [5.41, 5.74) is 6.10. The molecule has 0 saturated carbocycles. The molecule has 0 radical (unpaired) electrons. The molecule has 2 heterocycles. The van der Waals surface area contributed by atoms with Crippen molar-refractivity contribution < 1.29 is 29.1 Å². The molecule has 154 valence electrons. The van der Waals surface area contributed by atoms with Gasteiger partial charge in [-0.2, -0.15) is 10.1 Å². The zero-order valence-corrected chi connectivity index (χ0v) is 15.8. The highest BCUT2D eigenvalue weighted by Crippen LogP contribution is 2.08. The number of nitrogens with two attached hydrogens (primary N) is 1. The van der Waals surface area contributed by atoms with Gasteiger partial charge in [0.25, 0.3) is 5.95 Å². The predicted octanol–water partition coefficient (Wildman–Crippen LogP) is -1.00. The fourth-order valence-electron chi connectivity index (χ4n) is 1.97. The van der Waals surface area contributed by atoms with E-state index in [4.69, 9.17) is 9.63 Å².